The highest BCUT2D eigenvalue weighted by Crippen LogP contribution is 2.25. The van der Waals surface area contributed by atoms with Crippen molar-refractivity contribution in [3.63, 3.8) is 0 Å². The normalized spacial score (nSPS) is 19.5. The summed E-state index contributed by atoms with van der Waals surface area (Å²) in [6, 6.07) is 4.03. The zero-order valence-corrected chi connectivity index (χ0v) is 14.1. The molecule has 1 unspecified atom stereocenters. The summed E-state index contributed by atoms with van der Waals surface area (Å²) in [5.74, 6) is -0.736. The molecule has 1 saturated heterocycles. The van der Waals surface area contributed by atoms with Crippen molar-refractivity contribution in [2.75, 3.05) is 13.1 Å². The summed E-state index contributed by atoms with van der Waals surface area (Å²) in [4.78, 5) is 12.4. The second-order valence-corrected chi connectivity index (χ2v) is 7.62. The van der Waals surface area contributed by atoms with Gasteiger partial charge in [0.25, 0.3) is 0 Å². The predicted molar refractivity (Wildman–Crippen MR) is 85.8 cm³/mol. The molecule has 1 aliphatic rings. The first-order valence-corrected chi connectivity index (χ1v) is 9.46. The highest BCUT2D eigenvalue weighted by molar-refractivity contribution is 7.89. The van der Waals surface area contributed by atoms with E-state index in [0.29, 0.717) is 19.5 Å². The number of carbonyl (C=O) groups is 1. The van der Waals surface area contributed by atoms with E-state index in [1.807, 2.05) is 6.92 Å². The summed E-state index contributed by atoms with van der Waals surface area (Å²) < 4.78 is 39.8. The van der Waals surface area contributed by atoms with Crippen LogP contribution in [0.2, 0.25) is 0 Å². The van der Waals surface area contributed by atoms with Gasteiger partial charge in [-0.15, -0.1) is 0 Å². The van der Waals surface area contributed by atoms with Gasteiger partial charge >= 0.3 is 0 Å². The molecule has 1 aromatic carbocycles. The zero-order valence-electron chi connectivity index (χ0n) is 13.3. The quantitative estimate of drug-likeness (QED) is 0.807. The van der Waals surface area contributed by atoms with E-state index in [4.69, 9.17) is 0 Å². The van der Waals surface area contributed by atoms with Gasteiger partial charge in [-0.1, -0.05) is 19.8 Å². The molecule has 1 aliphatic heterocycles. The van der Waals surface area contributed by atoms with Gasteiger partial charge in [0.1, 0.15) is 11.9 Å². The molecule has 0 spiro atoms. The van der Waals surface area contributed by atoms with Crippen LogP contribution in [0.15, 0.2) is 29.2 Å². The molecule has 23 heavy (non-hydrogen) atoms. The molecule has 1 N–H and O–H groups in total. The third-order valence-corrected chi connectivity index (χ3v) is 5.93. The Bertz CT molecular complexity index is 631. The molecule has 2 rings (SSSR count). The van der Waals surface area contributed by atoms with Crippen LogP contribution in [0.5, 0.6) is 0 Å². The van der Waals surface area contributed by atoms with Crippen molar-refractivity contribution in [1.82, 2.24) is 9.62 Å². The summed E-state index contributed by atoms with van der Waals surface area (Å²) in [6.45, 7) is 2.89. The average Bonchev–Trinajstić information content (AvgIpc) is 2.55. The number of hydrogen-bond acceptors (Lipinski definition) is 3. The first-order chi connectivity index (χ1) is 11.0. The van der Waals surface area contributed by atoms with Crippen molar-refractivity contribution < 1.29 is 17.6 Å². The van der Waals surface area contributed by atoms with E-state index < -0.39 is 21.9 Å². The number of halogens is 1. The lowest BCUT2D eigenvalue weighted by molar-refractivity contribution is -0.125. The Morgan fingerprint density at radius 2 is 2.00 bits per heavy atom. The van der Waals surface area contributed by atoms with Crippen molar-refractivity contribution in [3.05, 3.63) is 30.1 Å². The van der Waals surface area contributed by atoms with E-state index in [1.54, 1.807) is 0 Å². The van der Waals surface area contributed by atoms with E-state index in [1.165, 1.54) is 16.4 Å². The standard InChI is InChI=1S/C16H23FN2O3S/c1-2-3-11-18-16(20)15-6-4-5-12-19(15)23(21,22)14-9-7-13(17)8-10-14/h7-10,15H,2-6,11-12H2,1H3,(H,18,20). The Labute approximate surface area is 136 Å². The molecule has 1 aromatic rings. The number of hydrogen-bond donors (Lipinski definition) is 1. The average molecular weight is 342 g/mol. The minimum Gasteiger partial charge on any atom is -0.355 e. The fourth-order valence-electron chi connectivity index (χ4n) is 2.70. The van der Waals surface area contributed by atoms with Gasteiger partial charge in [0.05, 0.1) is 4.90 Å². The second kappa shape index (κ2) is 7.88. The molecule has 7 heteroatoms. The molecular formula is C16H23FN2O3S. The van der Waals surface area contributed by atoms with Gasteiger partial charge < -0.3 is 5.32 Å². The van der Waals surface area contributed by atoms with Crippen LogP contribution in [0.25, 0.3) is 0 Å². The van der Waals surface area contributed by atoms with Gasteiger partial charge in [0.15, 0.2) is 0 Å². The number of benzene rings is 1. The third-order valence-electron chi connectivity index (χ3n) is 4.01. The molecule has 0 radical (unpaired) electrons. The molecule has 1 fully saturated rings. The van der Waals surface area contributed by atoms with Crippen LogP contribution in [0, 0.1) is 5.82 Å². The number of piperidine rings is 1. The van der Waals surface area contributed by atoms with Crippen molar-refractivity contribution in [2.45, 2.75) is 50.0 Å². The van der Waals surface area contributed by atoms with Crippen molar-refractivity contribution in [2.24, 2.45) is 0 Å². The molecule has 5 nitrogen and oxygen atoms in total. The van der Waals surface area contributed by atoms with Crippen LogP contribution < -0.4 is 5.32 Å². The summed E-state index contributed by atoms with van der Waals surface area (Å²) >= 11 is 0. The maximum Gasteiger partial charge on any atom is 0.243 e. The van der Waals surface area contributed by atoms with Crippen LogP contribution in [0.3, 0.4) is 0 Å². The zero-order chi connectivity index (χ0) is 16.9. The van der Waals surface area contributed by atoms with E-state index >= 15 is 0 Å². The van der Waals surface area contributed by atoms with E-state index in [2.05, 4.69) is 5.32 Å². The SMILES string of the molecule is CCCCNC(=O)C1CCCCN1S(=O)(=O)c1ccc(F)cc1. The monoisotopic (exact) mass is 342 g/mol. The molecule has 1 heterocycles. The van der Waals surface area contributed by atoms with Gasteiger partial charge in [-0.25, -0.2) is 12.8 Å². The fourth-order valence-corrected chi connectivity index (χ4v) is 4.36. The van der Waals surface area contributed by atoms with Crippen LogP contribution in [0.4, 0.5) is 4.39 Å². The first-order valence-electron chi connectivity index (χ1n) is 8.02. The Morgan fingerprint density at radius 1 is 1.30 bits per heavy atom. The van der Waals surface area contributed by atoms with Gasteiger partial charge in [-0.05, 0) is 43.5 Å². The maximum atomic E-state index is 13.0. The lowest BCUT2D eigenvalue weighted by atomic mass is 10.0. The predicted octanol–water partition coefficient (Wildman–Crippen LogP) is 2.29. The Balaban J connectivity index is 2.19. The van der Waals surface area contributed by atoms with Gasteiger partial charge in [-0.3, -0.25) is 4.79 Å². The molecular weight excluding hydrogens is 319 g/mol. The van der Waals surface area contributed by atoms with Crippen LogP contribution in [0.1, 0.15) is 39.0 Å². The maximum absolute atomic E-state index is 13.0. The molecule has 0 bridgehead atoms. The largest absolute Gasteiger partial charge is 0.355 e. The lowest BCUT2D eigenvalue weighted by Crippen LogP contribution is -2.51. The number of amides is 1. The molecule has 1 atom stereocenters. The number of rotatable bonds is 6. The Hall–Kier alpha value is -1.47. The van der Waals surface area contributed by atoms with Crippen molar-refractivity contribution in [1.29, 1.82) is 0 Å². The summed E-state index contributed by atoms with van der Waals surface area (Å²) in [5.41, 5.74) is 0. The van der Waals surface area contributed by atoms with Crippen LogP contribution in [-0.2, 0) is 14.8 Å². The van der Waals surface area contributed by atoms with Crippen LogP contribution in [-0.4, -0.2) is 37.8 Å². The van der Waals surface area contributed by atoms with E-state index in [0.717, 1.165) is 37.8 Å². The lowest BCUT2D eigenvalue weighted by Gasteiger charge is -2.33. The van der Waals surface area contributed by atoms with E-state index in [9.17, 15) is 17.6 Å². The summed E-state index contributed by atoms with van der Waals surface area (Å²) in [7, 11) is -3.80. The van der Waals surface area contributed by atoms with Gasteiger partial charge in [-0.2, -0.15) is 4.31 Å². The highest BCUT2D eigenvalue weighted by Gasteiger charge is 2.37. The molecule has 128 valence electrons. The van der Waals surface area contributed by atoms with Gasteiger partial charge in [0.2, 0.25) is 15.9 Å². The molecule has 0 saturated carbocycles. The second-order valence-electron chi connectivity index (χ2n) is 5.73. The number of nitrogens with one attached hydrogen (secondary N) is 1. The number of nitrogens with zero attached hydrogens (tertiary/aromatic N) is 1. The number of sulfonamides is 1. The minimum absolute atomic E-state index is 0.0205. The molecule has 0 aliphatic carbocycles. The first kappa shape index (κ1) is 17.9. The topological polar surface area (TPSA) is 66.5 Å². The Kier molecular flexibility index (Phi) is 6.12. The smallest absolute Gasteiger partial charge is 0.243 e. The summed E-state index contributed by atoms with van der Waals surface area (Å²) in [5, 5.41) is 2.81. The molecule has 1 amide bonds. The number of unbranched alkanes of at least 4 members (excludes halogenated alkanes) is 1. The fraction of sp³-hybridized carbons (Fsp3) is 0.562. The van der Waals surface area contributed by atoms with Crippen LogP contribution >= 0.6 is 0 Å². The third kappa shape index (κ3) is 4.29. The van der Waals surface area contributed by atoms with E-state index in [-0.39, 0.29) is 10.8 Å². The minimum atomic E-state index is -3.80. The van der Waals surface area contributed by atoms with Crippen molar-refractivity contribution >= 4 is 15.9 Å². The summed E-state index contributed by atoms with van der Waals surface area (Å²) in [6.07, 6.45) is 3.88. The van der Waals surface area contributed by atoms with Gasteiger partial charge in [0, 0.05) is 13.1 Å². The molecule has 0 aromatic heterocycles. The highest BCUT2D eigenvalue weighted by atomic mass is 32.2. The van der Waals surface area contributed by atoms with Crippen molar-refractivity contribution in [3.8, 4) is 0 Å². The number of carbonyl (C=O) groups excluding carboxylic acids is 1. The Morgan fingerprint density at radius 3 is 2.65 bits per heavy atom.